The summed E-state index contributed by atoms with van der Waals surface area (Å²) in [5.41, 5.74) is 2.89. The van der Waals surface area contributed by atoms with Gasteiger partial charge in [0.25, 0.3) is 0 Å². The Balaban J connectivity index is 1.64. The van der Waals surface area contributed by atoms with Crippen LogP contribution in [0, 0.1) is 0 Å². The molecule has 0 aliphatic rings. The number of benzene rings is 2. The molecule has 0 saturated heterocycles. The normalized spacial score (nSPS) is 11.8. The van der Waals surface area contributed by atoms with E-state index in [9.17, 15) is 4.79 Å². The number of carbonyl (C=O) groups excluding carboxylic acids is 1. The van der Waals surface area contributed by atoms with Crippen molar-refractivity contribution in [3.63, 3.8) is 0 Å². The van der Waals surface area contributed by atoms with Crippen molar-refractivity contribution in [2.75, 3.05) is 12.4 Å². The average molecular weight is 382 g/mol. The summed E-state index contributed by atoms with van der Waals surface area (Å²) in [4.78, 5) is 17.0. The van der Waals surface area contributed by atoms with E-state index in [0.29, 0.717) is 22.4 Å². The minimum Gasteiger partial charge on any atom is -0.495 e. The Morgan fingerprint density at radius 2 is 1.96 bits per heavy atom. The lowest BCUT2D eigenvalue weighted by molar-refractivity contribution is -0.115. The van der Waals surface area contributed by atoms with Crippen molar-refractivity contribution in [1.82, 2.24) is 15.2 Å². The van der Waals surface area contributed by atoms with Crippen molar-refractivity contribution in [2.24, 2.45) is 0 Å². The van der Waals surface area contributed by atoms with Crippen molar-refractivity contribution in [3.05, 3.63) is 54.1 Å². The van der Waals surface area contributed by atoms with Crippen LogP contribution in [-0.4, -0.2) is 33.4 Å². The number of amides is 1. The Labute approximate surface area is 162 Å². The number of H-pyrrole nitrogens is 1. The van der Waals surface area contributed by atoms with Crippen LogP contribution in [0.15, 0.2) is 53.7 Å². The fourth-order valence-electron chi connectivity index (χ4n) is 2.52. The fourth-order valence-corrected chi connectivity index (χ4v) is 3.24. The molecule has 2 N–H and O–H groups in total. The van der Waals surface area contributed by atoms with E-state index in [1.165, 1.54) is 17.3 Å². The number of para-hydroxylation sites is 2. The predicted octanol–water partition coefficient (Wildman–Crippen LogP) is 4.16. The van der Waals surface area contributed by atoms with Crippen LogP contribution in [0.3, 0.4) is 0 Å². The smallest absolute Gasteiger partial charge is 0.237 e. The van der Waals surface area contributed by atoms with Crippen LogP contribution < -0.4 is 10.1 Å². The van der Waals surface area contributed by atoms with Crippen molar-refractivity contribution < 1.29 is 9.53 Å². The number of hydrogen-bond donors (Lipinski definition) is 2. The van der Waals surface area contributed by atoms with Gasteiger partial charge in [-0.15, -0.1) is 5.10 Å². The number of nitrogens with zero attached hydrogens (tertiary/aromatic N) is 2. The number of anilines is 1. The van der Waals surface area contributed by atoms with Gasteiger partial charge in [-0.05, 0) is 31.0 Å². The van der Waals surface area contributed by atoms with E-state index in [1.807, 2.05) is 31.2 Å². The highest BCUT2D eigenvalue weighted by molar-refractivity contribution is 8.00. The van der Waals surface area contributed by atoms with Gasteiger partial charge < -0.3 is 10.1 Å². The van der Waals surface area contributed by atoms with Crippen molar-refractivity contribution in [1.29, 1.82) is 0 Å². The van der Waals surface area contributed by atoms with E-state index in [1.54, 1.807) is 19.2 Å². The molecular formula is C20H22N4O2S. The molecule has 0 fully saturated rings. The number of methoxy groups -OCH3 is 1. The van der Waals surface area contributed by atoms with Gasteiger partial charge >= 0.3 is 0 Å². The molecule has 0 spiro atoms. The standard InChI is InChI=1S/C20H22N4O2S/c1-4-14-9-11-15(12-10-14)18-22-20(24-23-18)27-13(2)19(25)21-16-7-5-6-8-17(16)26-3/h5-13H,4H2,1-3H3,(H,21,25)(H,22,23,24). The third-order valence-electron chi connectivity index (χ3n) is 4.12. The van der Waals surface area contributed by atoms with Gasteiger partial charge in [-0.2, -0.15) is 0 Å². The molecule has 1 unspecified atom stereocenters. The van der Waals surface area contributed by atoms with Gasteiger partial charge in [0.05, 0.1) is 18.0 Å². The Morgan fingerprint density at radius 3 is 2.67 bits per heavy atom. The molecule has 2 aromatic carbocycles. The summed E-state index contributed by atoms with van der Waals surface area (Å²) in [6.07, 6.45) is 0.997. The highest BCUT2D eigenvalue weighted by Crippen LogP contribution is 2.26. The minimum absolute atomic E-state index is 0.136. The summed E-state index contributed by atoms with van der Waals surface area (Å²) < 4.78 is 5.26. The molecule has 0 bridgehead atoms. The van der Waals surface area contributed by atoms with Gasteiger partial charge in [-0.25, -0.2) is 4.98 Å². The van der Waals surface area contributed by atoms with Gasteiger partial charge in [0.15, 0.2) is 5.82 Å². The number of hydrogen-bond acceptors (Lipinski definition) is 5. The zero-order valence-electron chi connectivity index (χ0n) is 15.5. The number of carbonyl (C=O) groups is 1. The third kappa shape index (κ3) is 4.68. The molecule has 6 nitrogen and oxygen atoms in total. The number of aromatic amines is 1. The molecule has 7 heteroatoms. The molecule has 0 radical (unpaired) electrons. The topological polar surface area (TPSA) is 79.9 Å². The van der Waals surface area contributed by atoms with Gasteiger partial charge in [0.2, 0.25) is 11.1 Å². The number of rotatable bonds is 7. The molecule has 1 atom stereocenters. The SMILES string of the molecule is CCc1ccc(-c2nc(SC(C)C(=O)Nc3ccccc3OC)n[nH]2)cc1. The lowest BCUT2D eigenvalue weighted by atomic mass is 10.1. The largest absolute Gasteiger partial charge is 0.495 e. The van der Waals surface area contributed by atoms with E-state index in [0.717, 1.165) is 12.0 Å². The molecule has 140 valence electrons. The van der Waals surface area contributed by atoms with Gasteiger partial charge in [0.1, 0.15) is 5.75 Å². The summed E-state index contributed by atoms with van der Waals surface area (Å²) >= 11 is 1.30. The maximum atomic E-state index is 12.5. The highest BCUT2D eigenvalue weighted by Gasteiger charge is 2.18. The van der Waals surface area contributed by atoms with E-state index >= 15 is 0 Å². The third-order valence-corrected chi connectivity index (χ3v) is 5.08. The van der Waals surface area contributed by atoms with E-state index in [4.69, 9.17) is 4.74 Å². The second-order valence-corrected chi connectivity index (χ2v) is 7.27. The van der Waals surface area contributed by atoms with Crippen LogP contribution >= 0.6 is 11.8 Å². The molecule has 0 saturated carbocycles. The van der Waals surface area contributed by atoms with Crippen LogP contribution in [0.2, 0.25) is 0 Å². The van der Waals surface area contributed by atoms with Crippen LogP contribution in [0.1, 0.15) is 19.4 Å². The summed E-state index contributed by atoms with van der Waals surface area (Å²) in [5.74, 6) is 1.18. The van der Waals surface area contributed by atoms with Crippen LogP contribution in [0.4, 0.5) is 5.69 Å². The Hall–Kier alpha value is -2.80. The fraction of sp³-hybridized carbons (Fsp3) is 0.250. The molecule has 1 amide bonds. The van der Waals surface area contributed by atoms with Gasteiger partial charge in [-0.1, -0.05) is 55.1 Å². The number of ether oxygens (including phenoxy) is 1. The Morgan fingerprint density at radius 1 is 1.22 bits per heavy atom. The Kier molecular flexibility index (Phi) is 6.13. The molecule has 0 aliphatic heterocycles. The first-order chi connectivity index (χ1) is 13.1. The van der Waals surface area contributed by atoms with Crippen molar-refractivity contribution >= 4 is 23.4 Å². The van der Waals surface area contributed by atoms with Crippen LogP contribution in [0.25, 0.3) is 11.4 Å². The van der Waals surface area contributed by atoms with Crippen molar-refractivity contribution in [3.8, 4) is 17.1 Å². The molecule has 1 aromatic heterocycles. The van der Waals surface area contributed by atoms with Crippen LogP contribution in [0.5, 0.6) is 5.75 Å². The first-order valence-electron chi connectivity index (χ1n) is 8.73. The molecule has 1 heterocycles. The monoisotopic (exact) mass is 382 g/mol. The minimum atomic E-state index is -0.360. The maximum absolute atomic E-state index is 12.5. The summed E-state index contributed by atoms with van der Waals surface area (Å²) in [6.45, 7) is 3.94. The number of thioether (sulfide) groups is 1. The molecule has 27 heavy (non-hydrogen) atoms. The Bertz CT molecular complexity index is 908. The van der Waals surface area contributed by atoms with Crippen LogP contribution in [-0.2, 0) is 11.2 Å². The predicted molar refractivity (Wildman–Crippen MR) is 108 cm³/mol. The quantitative estimate of drug-likeness (QED) is 0.600. The van der Waals surface area contributed by atoms with Gasteiger partial charge in [-0.3, -0.25) is 9.89 Å². The molecular weight excluding hydrogens is 360 g/mol. The number of aromatic nitrogens is 3. The van der Waals surface area contributed by atoms with E-state index in [-0.39, 0.29) is 11.2 Å². The zero-order chi connectivity index (χ0) is 19.2. The second kappa shape index (κ2) is 8.73. The lowest BCUT2D eigenvalue weighted by Gasteiger charge is -2.12. The zero-order valence-corrected chi connectivity index (χ0v) is 16.3. The van der Waals surface area contributed by atoms with Gasteiger partial charge in [0, 0.05) is 5.56 Å². The first-order valence-corrected chi connectivity index (χ1v) is 9.61. The number of nitrogens with one attached hydrogen (secondary N) is 2. The highest BCUT2D eigenvalue weighted by atomic mass is 32.2. The molecule has 3 aromatic rings. The molecule has 0 aliphatic carbocycles. The number of aryl methyl sites for hydroxylation is 1. The van der Waals surface area contributed by atoms with E-state index in [2.05, 4.69) is 39.6 Å². The second-order valence-electron chi connectivity index (χ2n) is 5.97. The maximum Gasteiger partial charge on any atom is 0.237 e. The summed E-state index contributed by atoms with van der Waals surface area (Å²) in [7, 11) is 1.57. The van der Waals surface area contributed by atoms with Crippen molar-refractivity contribution in [2.45, 2.75) is 30.7 Å². The molecule has 3 rings (SSSR count). The lowest BCUT2D eigenvalue weighted by Crippen LogP contribution is -2.22. The average Bonchev–Trinajstić information content (AvgIpc) is 3.16. The summed E-state index contributed by atoms with van der Waals surface area (Å²) in [6, 6.07) is 15.5. The summed E-state index contributed by atoms with van der Waals surface area (Å²) in [5, 5.41) is 10.2. The van der Waals surface area contributed by atoms with E-state index < -0.39 is 0 Å². The first kappa shape index (κ1) is 19.0.